The lowest BCUT2D eigenvalue weighted by Gasteiger charge is -2.38. The molecule has 0 aliphatic carbocycles. The number of rotatable bonds is 4. The highest BCUT2D eigenvalue weighted by molar-refractivity contribution is 7.80. The molecule has 6 nitrogen and oxygen atoms in total. The lowest BCUT2D eigenvalue weighted by Crippen LogP contribution is -2.49. The summed E-state index contributed by atoms with van der Waals surface area (Å²) in [6.45, 7) is 5.98. The van der Waals surface area contributed by atoms with Crippen LogP contribution in [-0.2, 0) is 9.53 Å². The van der Waals surface area contributed by atoms with Crippen molar-refractivity contribution < 1.29 is 14.3 Å². The Balaban J connectivity index is 2.13. The molecule has 1 N–H and O–H groups in total. The van der Waals surface area contributed by atoms with Crippen molar-refractivity contribution in [2.45, 2.75) is 26.8 Å². The monoisotopic (exact) mass is 437 g/mol. The summed E-state index contributed by atoms with van der Waals surface area (Å²) in [6.07, 6.45) is 0. The van der Waals surface area contributed by atoms with Crippen molar-refractivity contribution in [1.82, 2.24) is 10.2 Å². The van der Waals surface area contributed by atoms with E-state index in [9.17, 15) is 9.59 Å². The predicted molar refractivity (Wildman–Crippen MR) is 126 cm³/mol. The number of hydrogen-bond acceptors (Lipinski definition) is 4. The zero-order valence-corrected chi connectivity index (χ0v) is 19.5. The molecule has 31 heavy (non-hydrogen) atoms. The number of anilines is 1. The number of methoxy groups -OCH3 is 1. The van der Waals surface area contributed by atoms with E-state index >= 15 is 0 Å². The van der Waals surface area contributed by atoms with Crippen LogP contribution in [0.2, 0.25) is 0 Å². The lowest BCUT2D eigenvalue weighted by molar-refractivity contribution is -0.125. The van der Waals surface area contributed by atoms with Crippen molar-refractivity contribution >= 4 is 34.9 Å². The second-order valence-electron chi connectivity index (χ2n) is 7.88. The zero-order valence-electron chi connectivity index (χ0n) is 18.6. The van der Waals surface area contributed by atoms with Crippen molar-refractivity contribution in [3.8, 4) is 0 Å². The molecule has 1 amide bonds. The van der Waals surface area contributed by atoms with E-state index in [1.165, 1.54) is 7.11 Å². The Morgan fingerprint density at radius 3 is 2.13 bits per heavy atom. The Morgan fingerprint density at radius 2 is 1.61 bits per heavy atom. The third-order valence-electron chi connectivity index (χ3n) is 5.25. The number of nitrogens with zero attached hydrogens (tertiary/aromatic N) is 2. The minimum absolute atomic E-state index is 0.107. The van der Waals surface area contributed by atoms with Gasteiger partial charge in [-0.25, -0.2) is 4.79 Å². The van der Waals surface area contributed by atoms with Crippen molar-refractivity contribution in [3.63, 3.8) is 0 Å². The van der Waals surface area contributed by atoms with E-state index in [2.05, 4.69) is 11.4 Å². The number of nitrogens with one attached hydrogen (secondary N) is 1. The maximum absolute atomic E-state index is 13.2. The Kier molecular flexibility index (Phi) is 6.45. The summed E-state index contributed by atoms with van der Waals surface area (Å²) in [6, 6.07) is 12.8. The average Bonchev–Trinajstić information content (AvgIpc) is 2.71. The quantitative estimate of drug-likeness (QED) is 0.579. The van der Waals surface area contributed by atoms with Gasteiger partial charge in [0.2, 0.25) is 0 Å². The lowest BCUT2D eigenvalue weighted by atomic mass is 9.93. The van der Waals surface area contributed by atoms with Crippen molar-refractivity contribution in [2.75, 3.05) is 26.1 Å². The molecule has 0 aromatic heterocycles. The number of ether oxygens (including phenoxy) is 1. The van der Waals surface area contributed by atoms with Gasteiger partial charge in [-0.3, -0.25) is 9.69 Å². The fraction of sp³-hybridized carbons (Fsp3) is 0.292. The van der Waals surface area contributed by atoms with Gasteiger partial charge in [0.15, 0.2) is 5.11 Å². The molecule has 0 radical (unpaired) electrons. The number of allylic oxidation sites excluding steroid dienone is 1. The van der Waals surface area contributed by atoms with Gasteiger partial charge in [0.25, 0.3) is 5.91 Å². The Morgan fingerprint density at radius 1 is 1.03 bits per heavy atom. The first kappa shape index (κ1) is 22.5. The standard InChI is InChI=1S/C24H27N3O3S/c1-14-11-15(2)13-19(12-14)27-16(3)20(22(28)26(4)5)21(25-24(27)31)17-7-9-18(10-8-17)23(29)30-6/h7-13,21H,1-6H3,(H,25,31). The Bertz CT molecular complexity index is 1050. The van der Waals surface area contributed by atoms with Crippen LogP contribution in [0.5, 0.6) is 0 Å². The number of thiocarbonyl (C=S) groups is 1. The van der Waals surface area contributed by atoms with E-state index in [1.54, 1.807) is 31.1 Å². The minimum atomic E-state index is -0.434. The molecule has 1 aliphatic heterocycles. The summed E-state index contributed by atoms with van der Waals surface area (Å²) in [7, 11) is 4.81. The van der Waals surface area contributed by atoms with Gasteiger partial charge >= 0.3 is 5.97 Å². The van der Waals surface area contributed by atoms with Crippen LogP contribution < -0.4 is 10.2 Å². The fourth-order valence-electron chi connectivity index (χ4n) is 3.83. The van der Waals surface area contributed by atoms with E-state index in [-0.39, 0.29) is 5.91 Å². The van der Waals surface area contributed by atoms with Crippen molar-refractivity contribution in [2.24, 2.45) is 0 Å². The summed E-state index contributed by atoms with van der Waals surface area (Å²) >= 11 is 5.72. The molecule has 7 heteroatoms. The summed E-state index contributed by atoms with van der Waals surface area (Å²) in [5.74, 6) is -0.514. The molecular formula is C24H27N3O3S. The second-order valence-corrected chi connectivity index (χ2v) is 8.26. The highest BCUT2D eigenvalue weighted by atomic mass is 32.1. The van der Waals surface area contributed by atoms with Crippen molar-refractivity contribution in [3.05, 3.63) is 76.0 Å². The smallest absolute Gasteiger partial charge is 0.337 e. The van der Waals surface area contributed by atoms with Gasteiger partial charge in [0, 0.05) is 25.5 Å². The number of carbonyl (C=O) groups excluding carboxylic acids is 2. The summed E-state index contributed by atoms with van der Waals surface area (Å²) in [5, 5.41) is 3.85. The highest BCUT2D eigenvalue weighted by Gasteiger charge is 2.35. The van der Waals surface area contributed by atoms with E-state index in [4.69, 9.17) is 17.0 Å². The minimum Gasteiger partial charge on any atom is -0.465 e. The largest absolute Gasteiger partial charge is 0.465 e. The first-order valence-electron chi connectivity index (χ1n) is 9.93. The number of likely N-dealkylation sites (N-methyl/N-ethyl adjacent to an activating group) is 1. The van der Waals surface area contributed by atoms with Gasteiger partial charge in [-0.05, 0) is 73.9 Å². The first-order valence-corrected chi connectivity index (χ1v) is 10.3. The predicted octanol–water partition coefficient (Wildman–Crippen LogP) is 3.89. The number of esters is 1. The maximum atomic E-state index is 13.2. The van der Waals surface area contributed by atoms with Gasteiger partial charge in [0.1, 0.15) is 0 Å². The van der Waals surface area contributed by atoms with Crippen LogP contribution in [0.15, 0.2) is 53.7 Å². The van der Waals surface area contributed by atoms with Crippen LogP contribution in [0.25, 0.3) is 0 Å². The van der Waals surface area contributed by atoms with Crippen LogP contribution in [-0.4, -0.2) is 43.1 Å². The van der Waals surface area contributed by atoms with E-state index in [1.807, 2.05) is 49.9 Å². The van der Waals surface area contributed by atoms with E-state index < -0.39 is 12.0 Å². The number of hydrogen-bond donors (Lipinski definition) is 1. The van der Waals surface area contributed by atoms with Gasteiger partial charge in [0.05, 0.1) is 24.3 Å². The molecule has 1 heterocycles. The molecule has 0 bridgehead atoms. The van der Waals surface area contributed by atoms with E-state index in [0.717, 1.165) is 28.1 Å². The summed E-state index contributed by atoms with van der Waals surface area (Å²) in [5.41, 5.74) is 5.80. The maximum Gasteiger partial charge on any atom is 0.337 e. The van der Waals surface area contributed by atoms with Crippen LogP contribution in [0.4, 0.5) is 5.69 Å². The molecule has 1 atom stereocenters. The van der Waals surface area contributed by atoms with Crippen LogP contribution >= 0.6 is 12.2 Å². The third-order valence-corrected chi connectivity index (χ3v) is 5.55. The van der Waals surface area contributed by atoms with Crippen LogP contribution in [0.1, 0.15) is 40.0 Å². The Labute approximate surface area is 188 Å². The molecular weight excluding hydrogens is 410 g/mol. The Hall–Kier alpha value is -3.19. The number of carbonyl (C=O) groups is 2. The number of benzene rings is 2. The molecule has 0 saturated carbocycles. The molecule has 0 fully saturated rings. The fourth-order valence-corrected chi connectivity index (χ4v) is 4.19. The second kappa shape index (κ2) is 8.89. The van der Waals surface area contributed by atoms with Crippen molar-refractivity contribution in [1.29, 1.82) is 0 Å². The van der Waals surface area contributed by atoms with Crippen LogP contribution in [0, 0.1) is 13.8 Å². The van der Waals surface area contributed by atoms with E-state index in [0.29, 0.717) is 16.2 Å². The van der Waals surface area contributed by atoms with Gasteiger partial charge in [-0.15, -0.1) is 0 Å². The number of aryl methyl sites for hydroxylation is 2. The van der Waals surface area contributed by atoms with Gasteiger partial charge < -0.3 is 15.0 Å². The first-order chi connectivity index (χ1) is 14.6. The molecule has 2 aromatic rings. The molecule has 1 aliphatic rings. The molecule has 0 spiro atoms. The third kappa shape index (κ3) is 4.46. The molecule has 3 rings (SSSR count). The summed E-state index contributed by atoms with van der Waals surface area (Å²) in [4.78, 5) is 28.5. The normalized spacial score (nSPS) is 16.1. The number of amides is 1. The molecule has 0 saturated heterocycles. The molecule has 2 aromatic carbocycles. The highest BCUT2D eigenvalue weighted by Crippen LogP contribution is 2.35. The summed E-state index contributed by atoms with van der Waals surface area (Å²) < 4.78 is 4.78. The molecule has 162 valence electrons. The topological polar surface area (TPSA) is 61.9 Å². The van der Waals surface area contributed by atoms with Crippen LogP contribution in [0.3, 0.4) is 0 Å². The molecule has 1 unspecified atom stereocenters. The van der Waals surface area contributed by atoms with Gasteiger partial charge in [-0.1, -0.05) is 18.2 Å². The zero-order chi connectivity index (χ0) is 22.9. The van der Waals surface area contributed by atoms with Gasteiger partial charge in [-0.2, -0.15) is 0 Å². The average molecular weight is 438 g/mol. The SMILES string of the molecule is COC(=O)c1ccc(C2NC(=S)N(c3cc(C)cc(C)c3)C(C)=C2C(=O)N(C)C)cc1.